The second kappa shape index (κ2) is 9.00. The lowest BCUT2D eigenvalue weighted by Crippen LogP contribution is -2.37. The van der Waals surface area contributed by atoms with Gasteiger partial charge in [0.05, 0.1) is 6.10 Å². The molecule has 130 valence electrons. The Labute approximate surface area is 147 Å². The van der Waals surface area contributed by atoms with E-state index in [2.05, 4.69) is 56.9 Å². The van der Waals surface area contributed by atoms with Crippen LogP contribution in [0.25, 0.3) is 11.1 Å². The van der Waals surface area contributed by atoms with Gasteiger partial charge in [0.1, 0.15) is 0 Å². The molecule has 1 atom stereocenters. The molecule has 2 aromatic rings. The molecule has 0 aliphatic heterocycles. The normalized spacial score (nSPS) is 13.0. The number of aliphatic hydroxyl groups is 1. The van der Waals surface area contributed by atoms with Crippen molar-refractivity contribution < 1.29 is 5.11 Å². The van der Waals surface area contributed by atoms with Gasteiger partial charge < -0.3 is 5.11 Å². The van der Waals surface area contributed by atoms with Crippen molar-refractivity contribution in [2.45, 2.75) is 58.7 Å². The molecular weight excluding hydrogens is 294 g/mol. The van der Waals surface area contributed by atoms with E-state index in [-0.39, 0.29) is 0 Å². The SMILES string of the molecule is CC(C)N(CCCC(O)c1ccccc1-c1ccccc1)C(C)C. The smallest absolute Gasteiger partial charge is 0.0796 e. The zero-order chi connectivity index (χ0) is 17.5. The minimum absolute atomic E-state index is 0.414. The molecule has 0 bridgehead atoms. The maximum Gasteiger partial charge on any atom is 0.0796 e. The van der Waals surface area contributed by atoms with Gasteiger partial charge in [-0.3, -0.25) is 4.90 Å². The predicted molar refractivity (Wildman–Crippen MR) is 103 cm³/mol. The summed E-state index contributed by atoms with van der Waals surface area (Å²) < 4.78 is 0. The topological polar surface area (TPSA) is 23.5 Å². The number of rotatable bonds is 8. The maximum absolute atomic E-state index is 10.7. The minimum atomic E-state index is -0.414. The van der Waals surface area contributed by atoms with Crippen molar-refractivity contribution in [3.05, 3.63) is 60.2 Å². The second-order valence-electron chi connectivity index (χ2n) is 7.04. The maximum atomic E-state index is 10.7. The van der Waals surface area contributed by atoms with Gasteiger partial charge in [0.15, 0.2) is 0 Å². The molecule has 0 aromatic heterocycles. The molecule has 24 heavy (non-hydrogen) atoms. The third-order valence-electron chi connectivity index (χ3n) is 4.63. The Hall–Kier alpha value is -1.64. The van der Waals surface area contributed by atoms with Crippen LogP contribution in [0.5, 0.6) is 0 Å². The van der Waals surface area contributed by atoms with Crippen LogP contribution in [-0.2, 0) is 0 Å². The quantitative estimate of drug-likeness (QED) is 0.713. The third-order valence-corrected chi connectivity index (χ3v) is 4.63. The van der Waals surface area contributed by atoms with Gasteiger partial charge >= 0.3 is 0 Å². The third kappa shape index (κ3) is 4.93. The Morgan fingerprint density at radius 1 is 0.833 bits per heavy atom. The summed E-state index contributed by atoms with van der Waals surface area (Å²) in [5, 5.41) is 10.7. The lowest BCUT2D eigenvalue weighted by molar-refractivity contribution is 0.135. The lowest BCUT2D eigenvalue weighted by atomic mass is 9.94. The average Bonchev–Trinajstić information content (AvgIpc) is 2.58. The highest BCUT2D eigenvalue weighted by Crippen LogP contribution is 2.30. The Morgan fingerprint density at radius 2 is 1.42 bits per heavy atom. The molecule has 0 aliphatic rings. The van der Waals surface area contributed by atoms with Crippen LogP contribution in [0, 0.1) is 0 Å². The summed E-state index contributed by atoms with van der Waals surface area (Å²) in [5.41, 5.74) is 3.33. The molecule has 1 unspecified atom stereocenters. The molecule has 2 heteroatoms. The monoisotopic (exact) mass is 325 g/mol. The fourth-order valence-corrected chi connectivity index (χ4v) is 3.40. The fourth-order valence-electron chi connectivity index (χ4n) is 3.40. The van der Waals surface area contributed by atoms with Crippen LogP contribution in [0.1, 0.15) is 52.2 Å². The van der Waals surface area contributed by atoms with Gasteiger partial charge in [-0.25, -0.2) is 0 Å². The summed E-state index contributed by atoms with van der Waals surface area (Å²) in [6.07, 6.45) is 1.38. The molecule has 1 N–H and O–H groups in total. The van der Waals surface area contributed by atoms with E-state index in [1.807, 2.05) is 30.3 Å². The number of aliphatic hydroxyl groups excluding tert-OH is 1. The van der Waals surface area contributed by atoms with Crippen molar-refractivity contribution in [3.63, 3.8) is 0 Å². The molecule has 0 radical (unpaired) electrons. The fraction of sp³-hybridized carbons (Fsp3) is 0.455. The molecule has 2 rings (SSSR count). The van der Waals surface area contributed by atoms with E-state index < -0.39 is 6.10 Å². The standard InChI is InChI=1S/C22H31NO/c1-17(2)23(18(3)4)16-10-15-22(24)21-14-9-8-13-20(21)19-11-6-5-7-12-19/h5-9,11-14,17-18,22,24H,10,15-16H2,1-4H3. The number of hydrogen-bond acceptors (Lipinski definition) is 2. The minimum Gasteiger partial charge on any atom is -0.388 e. The summed E-state index contributed by atoms with van der Waals surface area (Å²) in [5.74, 6) is 0. The highest BCUT2D eigenvalue weighted by atomic mass is 16.3. The van der Waals surface area contributed by atoms with Crippen LogP contribution >= 0.6 is 0 Å². The van der Waals surface area contributed by atoms with Crippen LogP contribution in [0.3, 0.4) is 0 Å². The number of hydrogen-bond donors (Lipinski definition) is 1. The molecule has 0 fully saturated rings. The summed E-state index contributed by atoms with van der Waals surface area (Å²) >= 11 is 0. The van der Waals surface area contributed by atoms with Crippen molar-refractivity contribution in [1.29, 1.82) is 0 Å². The first-order valence-corrected chi connectivity index (χ1v) is 9.09. The van der Waals surface area contributed by atoms with Gasteiger partial charge in [0.2, 0.25) is 0 Å². The van der Waals surface area contributed by atoms with E-state index in [0.29, 0.717) is 12.1 Å². The molecule has 0 heterocycles. The number of nitrogens with zero attached hydrogens (tertiary/aromatic N) is 1. The van der Waals surface area contributed by atoms with E-state index in [0.717, 1.165) is 36.1 Å². The number of benzene rings is 2. The van der Waals surface area contributed by atoms with Gasteiger partial charge in [0.25, 0.3) is 0 Å². The summed E-state index contributed by atoms with van der Waals surface area (Å²) in [4.78, 5) is 2.48. The summed E-state index contributed by atoms with van der Waals surface area (Å²) in [7, 11) is 0. The average molecular weight is 325 g/mol. The van der Waals surface area contributed by atoms with E-state index in [4.69, 9.17) is 0 Å². The zero-order valence-electron chi connectivity index (χ0n) is 15.4. The molecule has 0 spiro atoms. The predicted octanol–water partition coefficient (Wildman–Crippen LogP) is 5.29. The van der Waals surface area contributed by atoms with Crippen LogP contribution in [0.2, 0.25) is 0 Å². The van der Waals surface area contributed by atoms with Crippen LogP contribution < -0.4 is 0 Å². The van der Waals surface area contributed by atoms with E-state index >= 15 is 0 Å². The lowest BCUT2D eigenvalue weighted by Gasteiger charge is -2.30. The van der Waals surface area contributed by atoms with E-state index in [1.54, 1.807) is 0 Å². The van der Waals surface area contributed by atoms with Gasteiger partial charge in [0, 0.05) is 12.1 Å². The Kier molecular flexibility index (Phi) is 7.01. The zero-order valence-corrected chi connectivity index (χ0v) is 15.4. The van der Waals surface area contributed by atoms with Crippen molar-refractivity contribution in [2.24, 2.45) is 0 Å². The van der Waals surface area contributed by atoms with Crippen LogP contribution in [0.4, 0.5) is 0 Å². The van der Waals surface area contributed by atoms with Crippen molar-refractivity contribution in [3.8, 4) is 11.1 Å². The molecule has 2 nitrogen and oxygen atoms in total. The highest BCUT2D eigenvalue weighted by Gasteiger charge is 2.16. The van der Waals surface area contributed by atoms with Crippen LogP contribution in [-0.4, -0.2) is 28.6 Å². The van der Waals surface area contributed by atoms with Gasteiger partial charge in [-0.1, -0.05) is 54.6 Å². The molecule has 0 saturated carbocycles. The summed E-state index contributed by atoms with van der Waals surface area (Å²) in [6.45, 7) is 9.98. The first-order chi connectivity index (χ1) is 11.5. The second-order valence-corrected chi connectivity index (χ2v) is 7.04. The first-order valence-electron chi connectivity index (χ1n) is 9.09. The highest BCUT2D eigenvalue weighted by molar-refractivity contribution is 5.67. The van der Waals surface area contributed by atoms with Gasteiger partial charge in [-0.15, -0.1) is 0 Å². The van der Waals surface area contributed by atoms with Crippen molar-refractivity contribution in [1.82, 2.24) is 4.90 Å². The van der Waals surface area contributed by atoms with E-state index in [9.17, 15) is 5.11 Å². The van der Waals surface area contributed by atoms with Crippen molar-refractivity contribution in [2.75, 3.05) is 6.54 Å². The van der Waals surface area contributed by atoms with Crippen molar-refractivity contribution >= 4 is 0 Å². The Morgan fingerprint density at radius 3 is 2.04 bits per heavy atom. The molecule has 0 saturated heterocycles. The Bertz CT molecular complexity index is 598. The Balaban J connectivity index is 2.04. The first kappa shape index (κ1) is 18.7. The molecule has 0 aliphatic carbocycles. The summed E-state index contributed by atoms with van der Waals surface area (Å²) in [6, 6.07) is 19.6. The van der Waals surface area contributed by atoms with Crippen LogP contribution in [0.15, 0.2) is 54.6 Å². The molecule has 0 amide bonds. The van der Waals surface area contributed by atoms with Gasteiger partial charge in [-0.05, 0) is 63.8 Å². The van der Waals surface area contributed by atoms with E-state index in [1.165, 1.54) is 0 Å². The largest absolute Gasteiger partial charge is 0.388 e. The molecular formula is C22H31NO. The van der Waals surface area contributed by atoms with Gasteiger partial charge in [-0.2, -0.15) is 0 Å². The molecule has 2 aromatic carbocycles.